The van der Waals surface area contributed by atoms with E-state index in [4.69, 9.17) is 0 Å². The molecule has 0 amide bonds. The van der Waals surface area contributed by atoms with Crippen LogP contribution in [0, 0.1) is 11.8 Å². The monoisotopic (exact) mass is 178 g/mol. The van der Waals surface area contributed by atoms with Gasteiger partial charge in [0.1, 0.15) is 11.6 Å². The van der Waals surface area contributed by atoms with E-state index in [9.17, 15) is 9.59 Å². The topological polar surface area (TPSA) is 34.1 Å². The summed E-state index contributed by atoms with van der Waals surface area (Å²) in [5.41, 5.74) is 2.62. The zero-order chi connectivity index (χ0) is 9.59. The lowest BCUT2D eigenvalue weighted by molar-refractivity contribution is -0.123. The van der Waals surface area contributed by atoms with Crippen molar-refractivity contribution in [3.63, 3.8) is 0 Å². The van der Waals surface area contributed by atoms with Crippen LogP contribution in [0.1, 0.15) is 33.1 Å². The minimum absolute atomic E-state index is 0.0393. The Labute approximate surface area is 78.0 Å². The van der Waals surface area contributed by atoms with Gasteiger partial charge in [-0.25, -0.2) is 0 Å². The predicted molar refractivity (Wildman–Crippen MR) is 49.2 cm³/mol. The van der Waals surface area contributed by atoms with Gasteiger partial charge in [-0.1, -0.05) is 11.1 Å². The normalized spacial score (nSPS) is 32.6. The Hall–Kier alpha value is -0.920. The first kappa shape index (κ1) is 8.67. The summed E-state index contributed by atoms with van der Waals surface area (Å²) in [6.45, 7) is 4.12. The molecule has 2 aliphatic rings. The van der Waals surface area contributed by atoms with Crippen molar-refractivity contribution in [3.05, 3.63) is 11.1 Å². The summed E-state index contributed by atoms with van der Waals surface area (Å²) in [5, 5.41) is 0. The lowest BCUT2D eigenvalue weighted by Gasteiger charge is -2.01. The Morgan fingerprint density at radius 3 is 1.92 bits per heavy atom. The minimum Gasteiger partial charge on any atom is -0.299 e. The van der Waals surface area contributed by atoms with Crippen LogP contribution < -0.4 is 0 Å². The largest absolute Gasteiger partial charge is 0.299 e. The van der Waals surface area contributed by atoms with Crippen molar-refractivity contribution in [2.75, 3.05) is 0 Å². The van der Waals surface area contributed by atoms with Crippen LogP contribution >= 0.6 is 0 Å². The molecule has 0 spiro atoms. The highest BCUT2D eigenvalue weighted by atomic mass is 16.2. The van der Waals surface area contributed by atoms with Gasteiger partial charge in [0.05, 0.1) is 6.42 Å². The second-order valence-corrected chi connectivity index (χ2v) is 4.33. The summed E-state index contributed by atoms with van der Waals surface area (Å²) < 4.78 is 0. The van der Waals surface area contributed by atoms with Gasteiger partial charge >= 0.3 is 0 Å². The van der Waals surface area contributed by atoms with Gasteiger partial charge in [0.25, 0.3) is 0 Å². The van der Waals surface area contributed by atoms with Gasteiger partial charge < -0.3 is 0 Å². The molecule has 0 bridgehead atoms. The fraction of sp³-hybridized carbons (Fsp3) is 0.636. The van der Waals surface area contributed by atoms with Gasteiger partial charge in [-0.3, -0.25) is 9.59 Å². The smallest absolute Gasteiger partial charge is 0.144 e. The zero-order valence-electron chi connectivity index (χ0n) is 8.09. The predicted octanol–water partition coefficient (Wildman–Crippen LogP) is 1.89. The Morgan fingerprint density at radius 2 is 1.54 bits per heavy atom. The number of fused-ring (bicyclic) bond motifs is 1. The molecule has 2 atom stereocenters. The lowest BCUT2D eigenvalue weighted by Crippen LogP contribution is -2.09. The van der Waals surface area contributed by atoms with E-state index in [1.54, 1.807) is 0 Å². The second kappa shape index (κ2) is 2.79. The van der Waals surface area contributed by atoms with E-state index in [1.807, 2.05) is 0 Å². The number of allylic oxidation sites excluding steroid dienone is 2. The fourth-order valence-electron chi connectivity index (χ4n) is 2.42. The zero-order valence-corrected chi connectivity index (χ0v) is 8.09. The molecule has 2 unspecified atom stereocenters. The minimum atomic E-state index is 0.0393. The van der Waals surface area contributed by atoms with Gasteiger partial charge in [0.2, 0.25) is 0 Å². The van der Waals surface area contributed by atoms with Crippen LogP contribution in [0.25, 0.3) is 0 Å². The average Bonchev–Trinajstić information content (AvgIpc) is 2.55. The number of ketones is 2. The SMILES string of the molecule is CC(C)=C1CC2C(=O)CC(=O)C2C1. The van der Waals surface area contributed by atoms with E-state index in [2.05, 4.69) is 13.8 Å². The summed E-state index contributed by atoms with van der Waals surface area (Å²) in [6.07, 6.45) is 1.89. The number of hydrogen-bond acceptors (Lipinski definition) is 2. The number of hydrogen-bond donors (Lipinski definition) is 0. The number of carbonyl (C=O) groups excluding carboxylic acids is 2. The summed E-state index contributed by atoms with van der Waals surface area (Å²) in [6, 6.07) is 0. The van der Waals surface area contributed by atoms with Gasteiger partial charge in [-0.05, 0) is 26.7 Å². The molecule has 0 aliphatic heterocycles. The van der Waals surface area contributed by atoms with Crippen LogP contribution in [-0.4, -0.2) is 11.6 Å². The lowest BCUT2D eigenvalue weighted by atomic mass is 10.00. The van der Waals surface area contributed by atoms with E-state index in [0.717, 1.165) is 12.8 Å². The van der Waals surface area contributed by atoms with Crippen molar-refractivity contribution in [3.8, 4) is 0 Å². The first-order valence-corrected chi connectivity index (χ1v) is 4.80. The molecule has 0 aromatic carbocycles. The molecule has 0 heterocycles. The van der Waals surface area contributed by atoms with Crippen LogP contribution in [0.2, 0.25) is 0 Å². The maximum absolute atomic E-state index is 11.4. The standard InChI is InChI=1S/C11H14O2/c1-6(2)7-3-8-9(4-7)11(13)5-10(8)12/h8-9H,3-5H2,1-2H3. The maximum atomic E-state index is 11.4. The number of rotatable bonds is 0. The quantitative estimate of drug-likeness (QED) is 0.419. The third-order valence-electron chi connectivity index (χ3n) is 3.30. The van der Waals surface area contributed by atoms with Crippen molar-refractivity contribution in [1.82, 2.24) is 0 Å². The van der Waals surface area contributed by atoms with Crippen molar-refractivity contribution < 1.29 is 9.59 Å². The summed E-state index contributed by atoms with van der Waals surface area (Å²) in [4.78, 5) is 22.8. The third kappa shape index (κ3) is 1.25. The van der Waals surface area contributed by atoms with Crippen LogP contribution in [-0.2, 0) is 9.59 Å². The van der Waals surface area contributed by atoms with E-state index in [1.165, 1.54) is 11.1 Å². The van der Waals surface area contributed by atoms with Gasteiger partial charge in [0.15, 0.2) is 0 Å². The molecular formula is C11H14O2. The van der Waals surface area contributed by atoms with Crippen molar-refractivity contribution >= 4 is 11.6 Å². The van der Waals surface area contributed by atoms with Crippen LogP contribution in [0.3, 0.4) is 0 Å². The molecular weight excluding hydrogens is 164 g/mol. The fourth-order valence-corrected chi connectivity index (χ4v) is 2.42. The molecule has 2 rings (SSSR count). The Morgan fingerprint density at radius 1 is 1.08 bits per heavy atom. The van der Waals surface area contributed by atoms with E-state index in [-0.39, 0.29) is 29.8 Å². The van der Waals surface area contributed by atoms with Crippen molar-refractivity contribution in [2.45, 2.75) is 33.1 Å². The molecule has 0 aromatic heterocycles. The molecule has 70 valence electrons. The molecule has 0 radical (unpaired) electrons. The second-order valence-electron chi connectivity index (χ2n) is 4.33. The van der Waals surface area contributed by atoms with Crippen molar-refractivity contribution in [2.24, 2.45) is 11.8 Å². The highest BCUT2D eigenvalue weighted by Crippen LogP contribution is 2.43. The molecule has 0 aromatic rings. The molecule has 2 saturated carbocycles. The Balaban J connectivity index is 2.27. The van der Waals surface area contributed by atoms with Gasteiger partial charge in [-0.2, -0.15) is 0 Å². The van der Waals surface area contributed by atoms with E-state index in [0.29, 0.717) is 0 Å². The van der Waals surface area contributed by atoms with Crippen LogP contribution in [0.15, 0.2) is 11.1 Å². The highest BCUT2D eigenvalue weighted by molar-refractivity contribution is 6.09. The Kier molecular flexibility index (Phi) is 1.86. The molecule has 0 saturated heterocycles. The molecule has 2 aliphatic carbocycles. The van der Waals surface area contributed by atoms with Gasteiger partial charge in [-0.15, -0.1) is 0 Å². The first-order chi connectivity index (χ1) is 6.09. The van der Waals surface area contributed by atoms with Gasteiger partial charge in [0, 0.05) is 11.8 Å². The van der Waals surface area contributed by atoms with E-state index >= 15 is 0 Å². The van der Waals surface area contributed by atoms with Crippen LogP contribution in [0.4, 0.5) is 0 Å². The number of Topliss-reactive ketones (excluding diaryl/α,β-unsaturated/α-hetero) is 2. The van der Waals surface area contributed by atoms with E-state index < -0.39 is 0 Å². The average molecular weight is 178 g/mol. The van der Waals surface area contributed by atoms with Crippen molar-refractivity contribution in [1.29, 1.82) is 0 Å². The van der Waals surface area contributed by atoms with Crippen LogP contribution in [0.5, 0.6) is 0 Å². The third-order valence-corrected chi connectivity index (χ3v) is 3.30. The molecule has 2 nitrogen and oxygen atoms in total. The first-order valence-electron chi connectivity index (χ1n) is 4.80. The molecule has 0 N–H and O–H groups in total. The summed E-state index contributed by atoms with van der Waals surface area (Å²) >= 11 is 0. The maximum Gasteiger partial charge on any atom is 0.144 e. The molecule has 2 heteroatoms. The highest BCUT2D eigenvalue weighted by Gasteiger charge is 2.45. The Bertz CT molecular complexity index is 284. The number of carbonyl (C=O) groups is 2. The molecule has 2 fully saturated rings. The molecule has 13 heavy (non-hydrogen) atoms. The summed E-state index contributed by atoms with van der Waals surface area (Å²) in [5.74, 6) is 0.423. The summed E-state index contributed by atoms with van der Waals surface area (Å²) in [7, 11) is 0.